The first-order chi connectivity index (χ1) is 7.36. The molecule has 1 aromatic carbocycles. The van der Waals surface area contributed by atoms with Crippen LogP contribution in [0.3, 0.4) is 0 Å². The van der Waals surface area contributed by atoms with Gasteiger partial charge < -0.3 is 9.53 Å². The first-order valence-electron chi connectivity index (χ1n) is 5.07. The Morgan fingerprint density at radius 2 is 1.87 bits per heavy atom. The van der Waals surface area contributed by atoms with Crippen LogP contribution >= 0.6 is 11.8 Å². The van der Waals surface area contributed by atoms with E-state index in [1.54, 1.807) is 18.9 Å². The van der Waals surface area contributed by atoms with Gasteiger partial charge >= 0.3 is 0 Å². The summed E-state index contributed by atoms with van der Waals surface area (Å²) in [6, 6.07) is 7.83. The van der Waals surface area contributed by atoms with E-state index in [1.807, 2.05) is 38.1 Å². The molecule has 1 aromatic rings. The van der Waals surface area contributed by atoms with Crippen LogP contribution in [0.5, 0.6) is 5.75 Å². The average molecular weight is 226 g/mol. The van der Waals surface area contributed by atoms with Gasteiger partial charge in [0, 0.05) is 17.1 Å². The number of hydrogen-bond donors (Lipinski definition) is 0. The molecule has 0 spiro atoms. The lowest BCUT2D eigenvalue weighted by atomic mass is 10.3. The number of hydrogen-bond acceptors (Lipinski definition) is 3. The Morgan fingerprint density at radius 3 is 2.33 bits per heavy atom. The number of benzene rings is 1. The standard InChI is InChI=1S/C10H12O2S.C2H6/c1-12-9-3-5-10(6-4-9)13-8-2-7-11;1-2/h3-7H,2,8H2,1H3;1-2H3. The summed E-state index contributed by atoms with van der Waals surface area (Å²) in [4.78, 5) is 11.2. The molecule has 0 aliphatic rings. The van der Waals surface area contributed by atoms with E-state index in [1.165, 1.54) is 4.90 Å². The maximum Gasteiger partial charge on any atom is 0.120 e. The molecule has 0 saturated carbocycles. The summed E-state index contributed by atoms with van der Waals surface area (Å²) in [6.45, 7) is 4.00. The molecule has 0 atom stereocenters. The van der Waals surface area contributed by atoms with Gasteiger partial charge in [-0.1, -0.05) is 13.8 Å². The summed E-state index contributed by atoms with van der Waals surface area (Å²) in [7, 11) is 1.65. The van der Waals surface area contributed by atoms with Crippen molar-refractivity contribution in [3.05, 3.63) is 24.3 Å². The molecule has 0 amide bonds. The maximum absolute atomic E-state index is 10.1. The molecule has 15 heavy (non-hydrogen) atoms. The fourth-order valence-electron chi connectivity index (χ4n) is 0.897. The van der Waals surface area contributed by atoms with Gasteiger partial charge in [-0.05, 0) is 24.3 Å². The lowest BCUT2D eigenvalue weighted by molar-refractivity contribution is -0.107. The highest BCUT2D eigenvalue weighted by molar-refractivity contribution is 7.99. The van der Waals surface area contributed by atoms with Gasteiger partial charge in [0.25, 0.3) is 0 Å². The van der Waals surface area contributed by atoms with Crippen LogP contribution in [0.15, 0.2) is 29.2 Å². The van der Waals surface area contributed by atoms with Crippen LogP contribution in [0, 0.1) is 0 Å². The van der Waals surface area contributed by atoms with Crippen LogP contribution in [0.25, 0.3) is 0 Å². The minimum atomic E-state index is 0.608. The minimum Gasteiger partial charge on any atom is -0.497 e. The molecule has 2 nitrogen and oxygen atoms in total. The summed E-state index contributed by atoms with van der Waals surface area (Å²) >= 11 is 1.68. The second-order valence-corrected chi connectivity index (χ2v) is 3.65. The summed E-state index contributed by atoms with van der Waals surface area (Å²) in [5.41, 5.74) is 0. The summed E-state index contributed by atoms with van der Waals surface area (Å²) < 4.78 is 5.03. The third kappa shape index (κ3) is 6.18. The quantitative estimate of drug-likeness (QED) is 0.437. The van der Waals surface area contributed by atoms with E-state index >= 15 is 0 Å². The van der Waals surface area contributed by atoms with E-state index in [0.29, 0.717) is 6.42 Å². The first-order valence-corrected chi connectivity index (χ1v) is 6.06. The number of aldehydes is 1. The molecule has 0 N–H and O–H groups in total. The van der Waals surface area contributed by atoms with Crippen molar-refractivity contribution in [3.63, 3.8) is 0 Å². The fraction of sp³-hybridized carbons (Fsp3) is 0.417. The van der Waals surface area contributed by atoms with Crippen molar-refractivity contribution in [1.82, 2.24) is 0 Å². The molecule has 0 fully saturated rings. The van der Waals surface area contributed by atoms with E-state index < -0.39 is 0 Å². The third-order valence-electron chi connectivity index (χ3n) is 1.56. The van der Waals surface area contributed by atoms with Crippen LogP contribution in [-0.4, -0.2) is 19.1 Å². The van der Waals surface area contributed by atoms with Gasteiger partial charge in [0.05, 0.1) is 7.11 Å². The van der Waals surface area contributed by atoms with E-state index in [-0.39, 0.29) is 0 Å². The van der Waals surface area contributed by atoms with Crippen LogP contribution in [0.2, 0.25) is 0 Å². The van der Waals surface area contributed by atoms with Crippen molar-refractivity contribution in [2.45, 2.75) is 25.2 Å². The molecule has 0 aromatic heterocycles. The van der Waals surface area contributed by atoms with Crippen LogP contribution < -0.4 is 4.74 Å². The molecule has 0 aliphatic carbocycles. The van der Waals surface area contributed by atoms with E-state index in [9.17, 15) is 4.79 Å². The highest BCUT2D eigenvalue weighted by Gasteiger charge is 1.94. The second-order valence-electron chi connectivity index (χ2n) is 2.48. The maximum atomic E-state index is 10.1. The Morgan fingerprint density at radius 1 is 1.27 bits per heavy atom. The van der Waals surface area contributed by atoms with Gasteiger partial charge in [0.15, 0.2) is 0 Å². The second kappa shape index (κ2) is 9.59. The predicted octanol–water partition coefficient (Wildman–Crippen LogP) is 3.40. The van der Waals surface area contributed by atoms with E-state index in [2.05, 4.69) is 0 Å². The fourth-order valence-corrected chi connectivity index (χ4v) is 1.68. The van der Waals surface area contributed by atoms with Crippen LogP contribution in [0.4, 0.5) is 0 Å². The lowest BCUT2D eigenvalue weighted by Gasteiger charge is -2.01. The largest absolute Gasteiger partial charge is 0.497 e. The van der Waals surface area contributed by atoms with Crippen molar-refractivity contribution < 1.29 is 9.53 Å². The predicted molar refractivity (Wildman–Crippen MR) is 65.7 cm³/mol. The molecular formula is C12H18O2S. The molecule has 0 unspecified atom stereocenters. The van der Waals surface area contributed by atoms with Crippen molar-refractivity contribution in [1.29, 1.82) is 0 Å². The summed E-state index contributed by atoms with van der Waals surface area (Å²) in [6.07, 6.45) is 1.55. The molecule has 84 valence electrons. The number of thioether (sulfide) groups is 1. The highest BCUT2D eigenvalue weighted by Crippen LogP contribution is 2.21. The van der Waals surface area contributed by atoms with Crippen LogP contribution in [0.1, 0.15) is 20.3 Å². The normalized spacial score (nSPS) is 8.73. The zero-order chi connectivity index (χ0) is 11.5. The van der Waals surface area contributed by atoms with Gasteiger partial charge in [-0.15, -0.1) is 11.8 Å². The molecule has 0 saturated heterocycles. The molecular weight excluding hydrogens is 208 g/mol. The van der Waals surface area contributed by atoms with Crippen molar-refractivity contribution in [3.8, 4) is 5.75 Å². The summed E-state index contributed by atoms with van der Waals surface area (Å²) in [5, 5.41) is 0. The Labute approximate surface area is 96.0 Å². The zero-order valence-corrected chi connectivity index (χ0v) is 10.3. The average Bonchev–Trinajstić information content (AvgIpc) is 2.33. The number of ether oxygens (including phenoxy) is 1. The van der Waals surface area contributed by atoms with Crippen LogP contribution in [-0.2, 0) is 4.79 Å². The molecule has 3 heteroatoms. The SMILES string of the molecule is CC.COc1ccc(SCCC=O)cc1. The number of rotatable bonds is 5. The van der Waals surface area contributed by atoms with Crippen molar-refractivity contribution in [2.24, 2.45) is 0 Å². The van der Waals surface area contributed by atoms with Gasteiger partial charge in [0.2, 0.25) is 0 Å². The minimum absolute atomic E-state index is 0.608. The van der Waals surface area contributed by atoms with E-state index in [0.717, 1.165) is 17.8 Å². The third-order valence-corrected chi connectivity index (χ3v) is 2.61. The molecule has 0 radical (unpaired) electrons. The Bertz CT molecular complexity index is 257. The number of carbonyl (C=O) groups excluding carboxylic acids is 1. The van der Waals surface area contributed by atoms with E-state index in [4.69, 9.17) is 4.74 Å². The smallest absolute Gasteiger partial charge is 0.120 e. The number of methoxy groups -OCH3 is 1. The highest BCUT2D eigenvalue weighted by atomic mass is 32.2. The molecule has 0 bridgehead atoms. The Kier molecular flexibility index (Phi) is 8.98. The van der Waals surface area contributed by atoms with Crippen molar-refractivity contribution in [2.75, 3.05) is 12.9 Å². The Hall–Kier alpha value is -0.960. The monoisotopic (exact) mass is 226 g/mol. The summed E-state index contributed by atoms with van der Waals surface area (Å²) in [5.74, 6) is 1.70. The lowest BCUT2D eigenvalue weighted by Crippen LogP contribution is -1.83. The van der Waals surface area contributed by atoms with Crippen molar-refractivity contribution >= 4 is 18.0 Å². The zero-order valence-electron chi connectivity index (χ0n) is 9.53. The van der Waals surface area contributed by atoms with Gasteiger partial charge in [-0.25, -0.2) is 0 Å². The molecule has 0 heterocycles. The van der Waals surface area contributed by atoms with Gasteiger partial charge in [-0.2, -0.15) is 0 Å². The topological polar surface area (TPSA) is 26.3 Å². The van der Waals surface area contributed by atoms with Gasteiger partial charge in [-0.3, -0.25) is 0 Å². The van der Waals surface area contributed by atoms with Gasteiger partial charge in [0.1, 0.15) is 12.0 Å². The first kappa shape index (κ1) is 14.0. The molecule has 0 aliphatic heterocycles. The molecule has 1 rings (SSSR count). The number of carbonyl (C=O) groups is 1. The Balaban J connectivity index is 0.000000921.